The van der Waals surface area contributed by atoms with E-state index in [1.807, 2.05) is 13.8 Å². The molecule has 0 bridgehead atoms. The fourth-order valence-electron chi connectivity index (χ4n) is 0.817. The highest BCUT2D eigenvalue weighted by Crippen LogP contribution is 2.11. The van der Waals surface area contributed by atoms with E-state index >= 15 is 0 Å². The lowest BCUT2D eigenvalue weighted by Gasteiger charge is -2.15. The normalized spacial score (nSPS) is 14.5. The van der Waals surface area contributed by atoms with Gasteiger partial charge in [0.1, 0.15) is 0 Å². The topological polar surface area (TPSA) is 75.6 Å². The SMILES string of the molecule is COC(=O)C(O)CNC(=O)C(Br)C(C)C. The van der Waals surface area contributed by atoms with Crippen molar-refractivity contribution in [1.82, 2.24) is 5.32 Å². The molecule has 0 aromatic heterocycles. The molecule has 2 unspecified atom stereocenters. The van der Waals surface area contributed by atoms with Gasteiger partial charge < -0.3 is 15.2 Å². The lowest BCUT2D eigenvalue weighted by Crippen LogP contribution is -2.41. The third kappa shape index (κ3) is 5.13. The first-order valence-corrected chi connectivity index (χ1v) is 5.49. The Morgan fingerprint density at radius 3 is 2.40 bits per heavy atom. The smallest absolute Gasteiger partial charge is 0.336 e. The van der Waals surface area contributed by atoms with Crippen molar-refractivity contribution in [2.24, 2.45) is 5.92 Å². The predicted molar refractivity (Wildman–Crippen MR) is 58.6 cm³/mol. The van der Waals surface area contributed by atoms with E-state index < -0.39 is 12.1 Å². The van der Waals surface area contributed by atoms with E-state index in [0.717, 1.165) is 0 Å². The molecule has 6 heteroatoms. The Bertz CT molecular complexity index is 232. The number of nitrogens with one attached hydrogen (secondary N) is 1. The van der Waals surface area contributed by atoms with Crippen LogP contribution in [0.1, 0.15) is 13.8 Å². The number of ether oxygens (including phenoxy) is 1. The Hall–Kier alpha value is -0.620. The average molecular weight is 282 g/mol. The molecule has 0 spiro atoms. The van der Waals surface area contributed by atoms with Crippen molar-refractivity contribution < 1.29 is 19.4 Å². The Morgan fingerprint density at radius 2 is 2.00 bits per heavy atom. The number of alkyl halides is 1. The molecule has 15 heavy (non-hydrogen) atoms. The number of amides is 1. The van der Waals surface area contributed by atoms with Crippen LogP contribution in [0.25, 0.3) is 0 Å². The zero-order valence-electron chi connectivity index (χ0n) is 8.99. The molecule has 0 radical (unpaired) electrons. The molecule has 0 aromatic rings. The van der Waals surface area contributed by atoms with Gasteiger partial charge in [0, 0.05) is 0 Å². The van der Waals surface area contributed by atoms with Gasteiger partial charge in [-0.25, -0.2) is 4.79 Å². The van der Waals surface area contributed by atoms with Crippen LogP contribution in [0.3, 0.4) is 0 Å². The van der Waals surface area contributed by atoms with Gasteiger partial charge in [-0.1, -0.05) is 29.8 Å². The van der Waals surface area contributed by atoms with E-state index in [2.05, 4.69) is 26.0 Å². The number of aliphatic hydroxyl groups excluding tert-OH is 1. The Morgan fingerprint density at radius 1 is 1.47 bits per heavy atom. The first-order chi connectivity index (χ1) is 6.90. The number of hydrogen-bond donors (Lipinski definition) is 2. The summed E-state index contributed by atoms with van der Waals surface area (Å²) in [5, 5.41) is 11.6. The lowest BCUT2D eigenvalue weighted by atomic mass is 10.1. The second kappa shape index (κ2) is 6.79. The number of esters is 1. The molecule has 0 heterocycles. The van der Waals surface area contributed by atoms with Crippen molar-refractivity contribution in [3.8, 4) is 0 Å². The molecular weight excluding hydrogens is 266 g/mol. The third-order valence-electron chi connectivity index (χ3n) is 1.78. The largest absolute Gasteiger partial charge is 0.467 e. The van der Waals surface area contributed by atoms with Crippen LogP contribution in [-0.4, -0.2) is 41.6 Å². The number of carbonyl (C=O) groups is 2. The molecule has 5 nitrogen and oxygen atoms in total. The summed E-state index contributed by atoms with van der Waals surface area (Å²) in [7, 11) is 1.18. The zero-order chi connectivity index (χ0) is 12.0. The predicted octanol–water partition coefficient (Wildman–Crippen LogP) is 0.0560. The van der Waals surface area contributed by atoms with Gasteiger partial charge in [-0.3, -0.25) is 4.79 Å². The van der Waals surface area contributed by atoms with Gasteiger partial charge in [-0.05, 0) is 5.92 Å². The van der Waals surface area contributed by atoms with Crippen molar-refractivity contribution in [2.75, 3.05) is 13.7 Å². The Kier molecular flexibility index (Phi) is 6.51. The van der Waals surface area contributed by atoms with Gasteiger partial charge in [0.25, 0.3) is 0 Å². The van der Waals surface area contributed by atoms with Crippen molar-refractivity contribution in [2.45, 2.75) is 24.8 Å². The van der Waals surface area contributed by atoms with E-state index in [1.54, 1.807) is 0 Å². The highest BCUT2D eigenvalue weighted by Gasteiger charge is 2.21. The molecule has 0 aliphatic rings. The molecule has 0 saturated carbocycles. The molecular formula is C9H16BrNO4. The van der Waals surface area contributed by atoms with Crippen molar-refractivity contribution in [3.63, 3.8) is 0 Å². The Labute approximate surface area is 97.3 Å². The van der Waals surface area contributed by atoms with Crippen LogP contribution in [0.15, 0.2) is 0 Å². The van der Waals surface area contributed by atoms with Gasteiger partial charge in [0.05, 0.1) is 18.5 Å². The fraction of sp³-hybridized carbons (Fsp3) is 0.778. The molecule has 0 fully saturated rings. The molecule has 0 saturated heterocycles. The van der Waals surface area contributed by atoms with Crippen molar-refractivity contribution >= 4 is 27.8 Å². The summed E-state index contributed by atoms with van der Waals surface area (Å²) in [6.07, 6.45) is -1.31. The quantitative estimate of drug-likeness (QED) is 0.552. The van der Waals surface area contributed by atoms with Gasteiger partial charge in [0.15, 0.2) is 6.10 Å². The first kappa shape index (κ1) is 14.4. The molecule has 2 atom stereocenters. The number of carbonyl (C=O) groups excluding carboxylic acids is 2. The molecule has 0 rings (SSSR count). The van der Waals surface area contributed by atoms with E-state index in [-0.39, 0.29) is 23.2 Å². The van der Waals surface area contributed by atoms with Gasteiger partial charge in [0.2, 0.25) is 5.91 Å². The number of aliphatic hydroxyl groups is 1. The van der Waals surface area contributed by atoms with E-state index in [1.165, 1.54) is 7.11 Å². The van der Waals surface area contributed by atoms with Gasteiger partial charge in [-0.15, -0.1) is 0 Å². The molecule has 0 aromatic carbocycles. The molecule has 1 amide bonds. The monoisotopic (exact) mass is 281 g/mol. The van der Waals surface area contributed by atoms with Crippen LogP contribution in [0.4, 0.5) is 0 Å². The number of methoxy groups -OCH3 is 1. The summed E-state index contributed by atoms with van der Waals surface area (Å²) in [5.74, 6) is -0.876. The minimum atomic E-state index is -1.31. The maximum absolute atomic E-state index is 11.4. The van der Waals surface area contributed by atoms with Gasteiger partial charge in [-0.2, -0.15) is 0 Å². The number of hydrogen-bond acceptors (Lipinski definition) is 4. The maximum Gasteiger partial charge on any atom is 0.336 e. The lowest BCUT2D eigenvalue weighted by molar-refractivity contribution is -0.150. The van der Waals surface area contributed by atoms with Gasteiger partial charge >= 0.3 is 5.97 Å². The van der Waals surface area contributed by atoms with Crippen LogP contribution in [0.5, 0.6) is 0 Å². The minimum Gasteiger partial charge on any atom is -0.467 e. The molecule has 0 aliphatic carbocycles. The van der Waals surface area contributed by atoms with Crippen LogP contribution >= 0.6 is 15.9 Å². The van der Waals surface area contributed by atoms with E-state index in [9.17, 15) is 14.7 Å². The number of halogens is 1. The van der Waals surface area contributed by atoms with Crippen LogP contribution in [0.2, 0.25) is 0 Å². The third-order valence-corrected chi connectivity index (χ3v) is 3.25. The highest BCUT2D eigenvalue weighted by atomic mass is 79.9. The maximum atomic E-state index is 11.4. The second-order valence-electron chi connectivity index (χ2n) is 3.43. The summed E-state index contributed by atoms with van der Waals surface area (Å²) in [5.41, 5.74) is 0. The molecule has 0 aliphatic heterocycles. The van der Waals surface area contributed by atoms with Crippen molar-refractivity contribution in [3.05, 3.63) is 0 Å². The van der Waals surface area contributed by atoms with Crippen LogP contribution in [-0.2, 0) is 14.3 Å². The van der Waals surface area contributed by atoms with Crippen LogP contribution < -0.4 is 5.32 Å². The zero-order valence-corrected chi connectivity index (χ0v) is 10.6. The second-order valence-corrected chi connectivity index (χ2v) is 4.42. The summed E-state index contributed by atoms with van der Waals surface area (Å²) in [6.45, 7) is 3.63. The minimum absolute atomic E-state index is 0.139. The summed E-state index contributed by atoms with van der Waals surface area (Å²) < 4.78 is 4.30. The van der Waals surface area contributed by atoms with E-state index in [0.29, 0.717) is 0 Å². The average Bonchev–Trinajstić information content (AvgIpc) is 2.22. The van der Waals surface area contributed by atoms with Crippen molar-refractivity contribution in [1.29, 1.82) is 0 Å². The standard InChI is InChI=1S/C9H16BrNO4/c1-5(2)7(10)8(13)11-4-6(12)9(14)15-3/h5-7,12H,4H2,1-3H3,(H,11,13). The first-order valence-electron chi connectivity index (χ1n) is 4.57. The summed E-state index contributed by atoms with van der Waals surface area (Å²) >= 11 is 3.20. The Balaban J connectivity index is 3.95. The summed E-state index contributed by atoms with van der Waals surface area (Å²) in [4.78, 5) is 21.8. The van der Waals surface area contributed by atoms with Crippen LogP contribution in [0, 0.1) is 5.92 Å². The summed E-state index contributed by atoms with van der Waals surface area (Å²) in [6, 6.07) is 0. The highest BCUT2D eigenvalue weighted by molar-refractivity contribution is 9.10. The van der Waals surface area contributed by atoms with E-state index in [4.69, 9.17) is 0 Å². The number of rotatable bonds is 5. The molecule has 2 N–H and O–H groups in total. The molecule has 88 valence electrons. The fourth-order valence-corrected chi connectivity index (χ4v) is 0.979.